The first-order chi connectivity index (χ1) is 26.8. The molecule has 0 fully saturated rings. The van der Waals surface area contributed by atoms with Gasteiger partial charge in [-0.15, -0.1) is 11.3 Å². The average molecular weight is 719 g/mol. The Labute approximate surface area is 325 Å². The van der Waals surface area contributed by atoms with E-state index < -0.39 is 0 Å². The van der Waals surface area contributed by atoms with Crippen molar-refractivity contribution in [1.82, 2.24) is 0 Å². The van der Waals surface area contributed by atoms with Gasteiger partial charge in [-0.1, -0.05) is 167 Å². The van der Waals surface area contributed by atoms with Crippen molar-refractivity contribution in [3.05, 3.63) is 180 Å². The van der Waals surface area contributed by atoms with Crippen molar-refractivity contribution in [1.29, 1.82) is 0 Å². The van der Waals surface area contributed by atoms with Gasteiger partial charge in [0.2, 0.25) is 0 Å². The highest BCUT2D eigenvalue weighted by Gasteiger charge is 2.38. The van der Waals surface area contributed by atoms with Crippen molar-refractivity contribution in [3.8, 4) is 44.5 Å². The van der Waals surface area contributed by atoms with E-state index in [-0.39, 0.29) is 10.8 Å². The second-order valence-electron chi connectivity index (χ2n) is 16.8. The average Bonchev–Trinajstić information content (AvgIpc) is 3.79. The van der Waals surface area contributed by atoms with Crippen LogP contribution in [0.25, 0.3) is 97.0 Å². The molecule has 12 rings (SSSR count). The molecule has 0 atom stereocenters. The second kappa shape index (κ2) is 10.8. The van der Waals surface area contributed by atoms with Crippen LogP contribution < -0.4 is 0 Å². The van der Waals surface area contributed by atoms with Gasteiger partial charge in [-0.25, -0.2) is 0 Å². The van der Waals surface area contributed by atoms with Crippen molar-refractivity contribution in [3.63, 3.8) is 0 Å². The summed E-state index contributed by atoms with van der Waals surface area (Å²) in [6, 6.07) is 60.0. The molecular formula is C54H38S. The first-order valence-electron chi connectivity index (χ1n) is 19.5. The van der Waals surface area contributed by atoms with Crippen molar-refractivity contribution in [2.45, 2.75) is 38.5 Å². The fourth-order valence-corrected chi connectivity index (χ4v) is 11.8. The molecule has 0 unspecified atom stereocenters. The van der Waals surface area contributed by atoms with E-state index in [4.69, 9.17) is 0 Å². The number of benzene rings is 9. The molecule has 260 valence electrons. The molecule has 1 heteroatoms. The SMILES string of the molecule is CC1(C)c2ccccc2-c2cc(-c3c4ccccc4c(-c4ccc5c(c4)C(C)(C)c4ccc6c(ccc7c8ccccc8sc67)c4-5)c4ccccc34)ccc21. The Morgan fingerprint density at radius 2 is 0.818 bits per heavy atom. The molecule has 0 N–H and O–H groups in total. The molecule has 55 heavy (non-hydrogen) atoms. The van der Waals surface area contributed by atoms with Gasteiger partial charge in [0.15, 0.2) is 0 Å². The Morgan fingerprint density at radius 1 is 0.327 bits per heavy atom. The number of thiophene rings is 1. The summed E-state index contributed by atoms with van der Waals surface area (Å²) in [5, 5.41) is 10.6. The Morgan fingerprint density at radius 3 is 1.55 bits per heavy atom. The molecule has 0 radical (unpaired) electrons. The third-order valence-corrected chi connectivity index (χ3v) is 14.5. The molecule has 1 heterocycles. The molecule has 0 nitrogen and oxygen atoms in total. The molecule has 9 aromatic carbocycles. The van der Waals surface area contributed by atoms with Gasteiger partial charge in [0, 0.05) is 36.4 Å². The maximum atomic E-state index is 2.52. The van der Waals surface area contributed by atoms with Crippen molar-refractivity contribution < 1.29 is 0 Å². The minimum atomic E-state index is -0.135. The van der Waals surface area contributed by atoms with Crippen LogP contribution in [0.1, 0.15) is 49.9 Å². The van der Waals surface area contributed by atoms with E-state index in [1.807, 2.05) is 11.3 Å². The number of hydrogen-bond acceptors (Lipinski definition) is 1. The molecule has 0 saturated carbocycles. The third-order valence-electron chi connectivity index (χ3n) is 13.3. The molecule has 0 aliphatic heterocycles. The minimum Gasteiger partial charge on any atom is -0.135 e. The van der Waals surface area contributed by atoms with Gasteiger partial charge in [0.25, 0.3) is 0 Å². The number of fused-ring (bicyclic) bond motifs is 14. The fourth-order valence-electron chi connectivity index (χ4n) is 10.6. The van der Waals surface area contributed by atoms with E-state index in [0.29, 0.717) is 0 Å². The highest BCUT2D eigenvalue weighted by Crippen LogP contribution is 2.55. The van der Waals surface area contributed by atoms with Crippen LogP contribution in [0, 0.1) is 0 Å². The summed E-state index contributed by atoms with van der Waals surface area (Å²) in [4.78, 5) is 0. The number of rotatable bonds is 2. The van der Waals surface area contributed by atoms with Crippen LogP contribution >= 0.6 is 11.3 Å². The van der Waals surface area contributed by atoms with E-state index in [1.165, 1.54) is 119 Å². The van der Waals surface area contributed by atoms with Gasteiger partial charge in [-0.2, -0.15) is 0 Å². The number of hydrogen-bond donors (Lipinski definition) is 0. The van der Waals surface area contributed by atoms with Crippen LogP contribution in [0.2, 0.25) is 0 Å². The predicted molar refractivity (Wildman–Crippen MR) is 238 cm³/mol. The third kappa shape index (κ3) is 4.06. The maximum absolute atomic E-state index is 2.52. The lowest BCUT2D eigenvalue weighted by molar-refractivity contribution is 0.660. The van der Waals surface area contributed by atoms with Crippen LogP contribution in [-0.4, -0.2) is 0 Å². The predicted octanol–water partition coefficient (Wildman–Crippen LogP) is 15.5. The smallest absolute Gasteiger partial charge is 0.0434 e. The van der Waals surface area contributed by atoms with Crippen molar-refractivity contribution >= 4 is 63.8 Å². The standard InChI is InChI=1S/C54H38S/c1-53(2)44-19-11-9-13-33(44)43-29-31(22-27-45(43)53)49-35-15-5-7-17-37(35)50(38-18-8-6-16-36(38)49)32-21-23-42-47(30-32)54(3,4)46-28-26-41-39(51(42)46)24-25-40-34-14-10-12-20-48(34)55-52(40)41/h5-30H,1-4H3. The molecule has 0 amide bonds. The van der Waals surface area contributed by atoms with Gasteiger partial charge < -0.3 is 0 Å². The highest BCUT2D eigenvalue weighted by atomic mass is 32.1. The first-order valence-corrected chi connectivity index (χ1v) is 20.3. The molecule has 0 bridgehead atoms. The zero-order valence-electron chi connectivity index (χ0n) is 31.4. The Kier molecular flexibility index (Phi) is 6.16. The van der Waals surface area contributed by atoms with Crippen LogP contribution in [0.5, 0.6) is 0 Å². The summed E-state index contributed by atoms with van der Waals surface area (Å²) < 4.78 is 2.74. The van der Waals surface area contributed by atoms with Gasteiger partial charge in [-0.05, 0) is 112 Å². The topological polar surface area (TPSA) is 0 Å². The zero-order valence-corrected chi connectivity index (χ0v) is 32.2. The largest absolute Gasteiger partial charge is 0.135 e. The molecule has 2 aliphatic rings. The van der Waals surface area contributed by atoms with E-state index in [2.05, 4.69) is 185 Å². The van der Waals surface area contributed by atoms with Crippen LogP contribution in [0.4, 0.5) is 0 Å². The van der Waals surface area contributed by atoms with Crippen LogP contribution in [-0.2, 0) is 10.8 Å². The monoisotopic (exact) mass is 718 g/mol. The van der Waals surface area contributed by atoms with E-state index in [9.17, 15) is 0 Å². The summed E-state index contributed by atoms with van der Waals surface area (Å²) in [6.07, 6.45) is 0. The summed E-state index contributed by atoms with van der Waals surface area (Å²) in [5.41, 5.74) is 16.1. The quantitative estimate of drug-likeness (QED) is 0.156. The van der Waals surface area contributed by atoms with E-state index >= 15 is 0 Å². The molecule has 10 aromatic rings. The Bertz CT molecular complexity index is 3260. The van der Waals surface area contributed by atoms with Gasteiger partial charge >= 0.3 is 0 Å². The van der Waals surface area contributed by atoms with Crippen molar-refractivity contribution in [2.24, 2.45) is 0 Å². The van der Waals surface area contributed by atoms with E-state index in [0.717, 1.165) is 0 Å². The first kappa shape index (κ1) is 31.3. The van der Waals surface area contributed by atoms with Crippen molar-refractivity contribution in [2.75, 3.05) is 0 Å². The van der Waals surface area contributed by atoms with E-state index in [1.54, 1.807) is 0 Å². The van der Waals surface area contributed by atoms with Crippen LogP contribution in [0.3, 0.4) is 0 Å². The molecule has 1 aromatic heterocycles. The lowest BCUT2D eigenvalue weighted by atomic mass is 9.80. The molecule has 0 spiro atoms. The lowest BCUT2D eigenvalue weighted by Crippen LogP contribution is -2.15. The highest BCUT2D eigenvalue weighted by molar-refractivity contribution is 7.26. The molecular weight excluding hydrogens is 681 g/mol. The Balaban J connectivity index is 1.08. The minimum absolute atomic E-state index is 0.0173. The van der Waals surface area contributed by atoms with Gasteiger partial charge in [0.1, 0.15) is 0 Å². The summed E-state index contributed by atoms with van der Waals surface area (Å²) in [6.45, 7) is 9.55. The zero-order chi connectivity index (χ0) is 36.8. The second-order valence-corrected chi connectivity index (χ2v) is 17.8. The summed E-state index contributed by atoms with van der Waals surface area (Å²) >= 11 is 1.92. The fraction of sp³-hybridized carbons (Fsp3) is 0.111. The normalized spacial score (nSPS) is 14.8. The van der Waals surface area contributed by atoms with Crippen LogP contribution in [0.15, 0.2) is 158 Å². The maximum Gasteiger partial charge on any atom is 0.0434 e. The van der Waals surface area contributed by atoms with Gasteiger partial charge in [0.05, 0.1) is 0 Å². The summed E-state index contributed by atoms with van der Waals surface area (Å²) in [5.74, 6) is 0. The lowest BCUT2D eigenvalue weighted by Gasteiger charge is -2.23. The summed E-state index contributed by atoms with van der Waals surface area (Å²) in [7, 11) is 0. The molecule has 2 aliphatic carbocycles. The Hall–Kier alpha value is -6.02. The van der Waals surface area contributed by atoms with Gasteiger partial charge in [-0.3, -0.25) is 0 Å². The molecule has 0 saturated heterocycles.